The number of benzene rings is 1. The summed E-state index contributed by atoms with van der Waals surface area (Å²) in [5, 5.41) is 0. The summed E-state index contributed by atoms with van der Waals surface area (Å²) < 4.78 is 99.6. The third-order valence-electron chi connectivity index (χ3n) is 3.55. The van der Waals surface area contributed by atoms with Gasteiger partial charge in [0.1, 0.15) is 0 Å². The molecule has 134 valence electrons. The maximum atomic E-state index is 12.9. The molecule has 0 saturated heterocycles. The second kappa shape index (κ2) is 5.64. The SMILES string of the molecule is CS(=O)(=O)c1cc(C(F)(F)F)cc2c1CCN(C(=O)C(F)(F)F)C2. The second-order valence-electron chi connectivity index (χ2n) is 5.36. The van der Waals surface area contributed by atoms with E-state index in [1.165, 1.54) is 0 Å². The average Bonchev–Trinajstić information content (AvgIpc) is 2.41. The van der Waals surface area contributed by atoms with Crippen molar-refractivity contribution in [3.05, 3.63) is 28.8 Å². The van der Waals surface area contributed by atoms with Gasteiger partial charge in [-0.1, -0.05) is 0 Å². The number of halogens is 6. The van der Waals surface area contributed by atoms with Gasteiger partial charge in [0.15, 0.2) is 9.84 Å². The molecule has 1 aromatic rings. The zero-order valence-corrected chi connectivity index (χ0v) is 12.9. The lowest BCUT2D eigenvalue weighted by Gasteiger charge is -2.31. The summed E-state index contributed by atoms with van der Waals surface area (Å²) in [5.41, 5.74) is -1.53. The van der Waals surface area contributed by atoms with E-state index in [2.05, 4.69) is 0 Å². The first-order valence-electron chi connectivity index (χ1n) is 6.50. The van der Waals surface area contributed by atoms with Crippen molar-refractivity contribution in [2.75, 3.05) is 12.8 Å². The van der Waals surface area contributed by atoms with Gasteiger partial charge in [-0.25, -0.2) is 8.42 Å². The predicted molar refractivity (Wildman–Crippen MR) is 69.7 cm³/mol. The van der Waals surface area contributed by atoms with Crippen molar-refractivity contribution >= 4 is 15.7 Å². The van der Waals surface area contributed by atoms with Gasteiger partial charge in [0.25, 0.3) is 0 Å². The summed E-state index contributed by atoms with van der Waals surface area (Å²) in [7, 11) is -4.02. The Morgan fingerprint density at radius 3 is 2.17 bits per heavy atom. The van der Waals surface area contributed by atoms with E-state index in [0.29, 0.717) is 17.0 Å². The molecule has 1 aliphatic heterocycles. The maximum Gasteiger partial charge on any atom is 0.471 e. The number of sulfone groups is 1. The fourth-order valence-corrected chi connectivity index (χ4v) is 3.53. The van der Waals surface area contributed by atoms with Crippen molar-refractivity contribution in [3.63, 3.8) is 0 Å². The van der Waals surface area contributed by atoms with Gasteiger partial charge in [-0.15, -0.1) is 0 Å². The summed E-state index contributed by atoms with van der Waals surface area (Å²) in [6, 6.07) is 1.05. The first-order valence-corrected chi connectivity index (χ1v) is 8.39. The minimum atomic E-state index is -5.15. The lowest BCUT2D eigenvalue weighted by molar-refractivity contribution is -0.186. The van der Waals surface area contributed by atoms with Crippen LogP contribution in [0.1, 0.15) is 16.7 Å². The van der Waals surface area contributed by atoms with Gasteiger partial charge in [-0.3, -0.25) is 4.79 Å². The largest absolute Gasteiger partial charge is 0.471 e. The summed E-state index contributed by atoms with van der Waals surface area (Å²) in [4.78, 5) is 11.0. The van der Waals surface area contributed by atoms with E-state index in [-0.39, 0.29) is 17.5 Å². The molecule has 0 aromatic heterocycles. The van der Waals surface area contributed by atoms with Crippen LogP contribution in [0.5, 0.6) is 0 Å². The number of nitrogens with zero attached hydrogens (tertiary/aromatic N) is 1. The van der Waals surface area contributed by atoms with E-state index in [9.17, 15) is 39.6 Å². The normalized spacial score (nSPS) is 16.0. The van der Waals surface area contributed by atoms with Crippen LogP contribution in [0.3, 0.4) is 0 Å². The Balaban J connectivity index is 2.56. The Hall–Kier alpha value is -1.78. The van der Waals surface area contributed by atoms with Crippen molar-refractivity contribution in [1.29, 1.82) is 0 Å². The van der Waals surface area contributed by atoms with Crippen LogP contribution in [-0.2, 0) is 33.8 Å². The molecule has 1 heterocycles. The van der Waals surface area contributed by atoms with E-state index in [0.717, 1.165) is 6.26 Å². The van der Waals surface area contributed by atoms with E-state index in [1.54, 1.807) is 0 Å². The number of hydrogen-bond acceptors (Lipinski definition) is 3. The van der Waals surface area contributed by atoms with Gasteiger partial charge < -0.3 is 4.90 Å². The standard InChI is InChI=1S/C13H11F6NO3S/c1-24(22,23)10-5-8(12(14,15)16)4-7-6-20(3-2-9(7)10)11(21)13(17,18)19/h4-5H,2-3,6H2,1H3. The molecule has 0 aliphatic carbocycles. The van der Waals surface area contributed by atoms with Crippen molar-refractivity contribution in [2.45, 2.75) is 30.2 Å². The van der Waals surface area contributed by atoms with Crippen LogP contribution in [0.2, 0.25) is 0 Å². The second-order valence-corrected chi connectivity index (χ2v) is 7.34. The van der Waals surface area contributed by atoms with Gasteiger partial charge in [0.2, 0.25) is 0 Å². The van der Waals surface area contributed by atoms with Crippen LogP contribution in [0.25, 0.3) is 0 Å². The molecular weight excluding hydrogens is 364 g/mol. The van der Waals surface area contributed by atoms with E-state index < -0.39 is 51.6 Å². The van der Waals surface area contributed by atoms with Crippen LogP contribution in [0.15, 0.2) is 17.0 Å². The lowest BCUT2D eigenvalue weighted by Crippen LogP contribution is -2.44. The molecule has 0 radical (unpaired) electrons. The summed E-state index contributed by atoms with van der Waals surface area (Å²) in [5.74, 6) is -2.17. The minimum absolute atomic E-state index is 0.0109. The number of amides is 1. The van der Waals surface area contributed by atoms with Crippen molar-refractivity contribution in [3.8, 4) is 0 Å². The smallest absolute Gasteiger partial charge is 0.330 e. The summed E-state index contributed by atoms with van der Waals surface area (Å²) in [6.45, 7) is -1.17. The monoisotopic (exact) mass is 375 g/mol. The van der Waals surface area contributed by atoms with Gasteiger partial charge >= 0.3 is 18.3 Å². The molecule has 0 fully saturated rings. The Bertz CT molecular complexity index is 782. The number of carbonyl (C=O) groups is 1. The molecule has 0 bridgehead atoms. The molecule has 0 unspecified atom stereocenters. The van der Waals surface area contributed by atoms with Gasteiger partial charge in [0.05, 0.1) is 10.5 Å². The maximum absolute atomic E-state index is 12.9. The van der Waals surface area contributed by atoms with Gasteiger partial charge in [0, 0.05) is 19.3 Å². The number of carbonyl (C=O) groups excluding carboxylic acids is 1. The van der Waals surface area contributed by atoms with Gasteiger partial charge in [-0.2, -0.15) is 26.3 Å². The molecule has 24 heavy (non-hydrogen) atoms. The van der Waals surface area contributed by atoms with E-state index >= 15 is 0 Å². The zero-order chi connectivity index (χ0) is 18.5. The molecular formula is C13H11F6NO3S. The highest BCUT2D eigenvalue weighted by atomic mass is 32.2. The molecule has 1 amide bonds. The topological polar surface area (TPSA) is 54.5 Å². The fourth-order valence-electron chi connectivity index (χ4n) is 2.51. The number of rotatable bonds is 1. The first kappa shape index (κ1) is 18.6. The minimum Gasteiger partial charge on any atom is -0.330 e. The number of fused-ring (bicyclic) bond motifs is 1. The van der Waals surface area contributed by atoms with Crippen LogP contribution in [0, 0.1) is 0 Å². The molecule has 1 aromatic carbocycles. The zero-order valence-electron chi connectivity index (χ0n) is 12.1. The van der Waals surface area contributed by atoms with Crippen LogP contribution in [0.4, 0.5) is 26.3 Å². The number of hydrogen-bond donors (Lipinski definition) is 0. The number of alkyl halides is 6. The first-order chi connectivity index (χ1) is 10.7. The molecule has 11 heteroatoms. The third-order valence-corrected chi connectivity index (χ3v) is 4.71. The highest BCUT2D eigenvalue weighted by molar-refractivity contribution is 7.90. The Morgan fingerprint density at radius 2 is 1.71 bits per heavy atom. The Labute approximate surface area is 133 Å². The quantitative estimate of drug-likeness (QED) is 0.709. The fraction of sp³-hybridized carbons (Fsp3) is 0.462. The Kier molecular flexibility index (Phi) is 4.36. The van der Waals surface area contributed by atoms with Crippen molar-refractivity contribution in [1.82, 2.24) is 4.90 Å². The van der Waals surface area contributed by atoms with E-state index in [4.69, 9.17) is 0 Å². The highest BCUT2D eigenvalue weighted by Gasteiger charge is 2.44. The molecule has 4 nitrogen and oxygen atoms in total. The Morgan fingerprint density at radius 1 is 1.12 bits per heavy atom. The summed E-state index contributed by atoms with van der Waals surface area (Å²) >= 11 is 0. The van der Waals surface area contributed by atoms with Crippen LogP contribution < -0.4 is 0 Å². The molecule has 0 spiro atoms. The molecule has 2 rings (SSSR count). The summed E-state index contributed by atoms with van der Waals surface area (Å²) in [6.07, 6.45) is -9.59. The third kappa shape index (κ3) is 3.65. The molecule has 1 aliphatic rings. The average molecular weight is 375 g/mol. The van der Waals surface area contributed by atoms with Crippen LogP contribution in [-0.4, -0.2) is 38.2 Å². The molecule has 0 atom stereocenters. The van der Waals surface area contributed by atoms with Gasteiger partial charge in [-0.05, 0) is 29.7 Å². The molecule has 0 saturated carbocycles. The van der Waals surface area contributed by atoms with E-state index in [1.807, 2.05) is 0 Å². The lowest BCUT2D eigenvalue weighted by atomic mass is 9.97. The van der Waals surface area contributed by atoms with Crippen molar-refractivity contribution < 1.29 is 39.6 Å². The highest BCUT2D eigenvalue weighted by Crippen LogP contribution is 2.36. The van der Waals surface area contributed by atoms with Crippen LogP contribution >= 0.6 is 0 Å². The molecule has 0 N–H and O–H groups in total. The van der Waals surface area contributed by atoms with Crippen molar-refractivity contribution in [2.24, 2.45) is 0 Å². The predicted octanol–water partition coefficient (Wildman–Crippen LogP) is 2.56.